The molecule has 6 heteroatoms. The predicted octanol–water partition coefficient (Wildman–Crippen LogP) is 4.54. The molecule has 148 valence electrons. The van der Waals surface area contributed by atoms with Gasteiger partial charge in [-0.05, 0) is 69.4 Å². The molecule has 2 heterocycles. The highest BCUT2D eigenvalue weighted by atomic mass is 35.5. The monoisotopic (exact) mass is 400 g/mol. The highest BCUT2D eigenvalue weighted by molar-refractivity contribution is 6.30. The molecule has 1 aliphatic carbocycles. The highest BCUT2D eigenvalue weighted by Crippen LogP contribution is 2.42. The van der Waals surface area contributed by atoms with Crippen LogP contribution in [-0.2, 0) is 0 Å². The maximum atomic E-state index is 13.1. The largest absolute Gasteiger partial charge is 0.468 e. The van der Waals surface area contributed by atoms with Crippen LogP contribution in [-0.4, -0.2) is 35.3 Å². The number of benzene rings is 1. The van der Waals surface area contributed by atoms with Gasteiger partial charge < -0.3 is 14.6 Å². The molecule has 1 aliphatic heterocycles. The zero-order valence-corrected chi connectivity index (χ0v) is 17.0. The molecule has 1 atom stereocenters. The zero-order chi connectivity index (χ0) is 19.9. The molecule has 0 spiro atoms. The number of likely N-dealkylation sites (tertiary alicyclic amines) is 1. The second-order valence-corrected chi connectivity index (χ2v) is 8.71. The van der Waals surface area contributed by atoms with E-state index in [1.807, 2.05) is 18.7 Å². The molecule has 0 bridgehead atoms. The molecule has 2 amide bonds. The van der Waals surface area contributed by atoms with Crippen molar-refractivity contribution in [1.29, 1.82) is 0 Å². The minimum Gasteiger partial charge on any atom is -0.468 e. The number of piperidine rings is 1. The summed E-state index contributed by atoms with van der Waals surface area (Å²) in [4.78, 5) is 27.8. The van der Waals surface area contributed by atoms with Gasteiger partial charge in [0, 0.05) is 29.6 Å². The van der Waals surface area contributed by atoms with Gasteiger partial charge in [0.05, 0.1) is 17.4 Å². The lowest BCUT2D eigenvalue weighted by atomic mass is 9.90. The number of nitrogens with one attached hydrogen (secondary N) is 1. The predicted molar refractivity (Wildman–Crippen MR) is 108 cm³/mol. The number of carbonyl (C=O) groups is 2. The van der Waals surface area contributed by atoms with Crippen molar-refractivity contribution < 1.29 is 14.0 Å². The van der Waals surface area contributed by atoms with Crippen LogP contribution in [0.2, 0.25) is 5.02 Å². The standard InChI is InChI=1S/C22H25ClN2O3/c1-14-12-16(23)6-7-17(14)20(26)24-22(2)9-3-10-25(13-22)21(27)18-8-11-28-19(18)15-4-5-15/h6-8,11-12,15H,3-5,9-10,13H2,1-2H3,(H,24,26). The summed E-state index contributed by atoms with van der Waals surface area (Å²) in [7, 11) is 0. The van der Waals surface area contributed by atoms with Crippen LogP contribution in [0.25, 0.3) is 0 Å². The van der Waals surface area contributed by atoms with E-state index in [2.05, 4.69) is 5.32 Å². The Kier molecular flexibility index (Phi) is 4.96. The summed E-state index contributed by atoms with van der Waals surface area (Å²) in [5, 5.41) is 3.76. The van der Waals surface area contributed by atoms with Gasteiger partial charge in [0.25, 0.3) is 11.8 Å². The third-order valence-corrected chi connectivity index (χ3v) is 5.94. The van der Waals surface area contributed by atoms with E-state index in [0.717, 1.165) is 37.0 Å². The van der Waals surface area contributed by atoms with E-state index in [0.29, 0.717) is 35.2 Å². The minimum absolute atomic E-state index is 0.00139. The molecule has 1 aromatic carbocycles. The normalized spacial score (nSPS) is 22.2. The summed E-state index contributed by atoms with van der Waals surface area (Å²) in [6.07, 6.45) is 5.45. The van der Waals surface area contributed by atoms with Crippen molar-refractivity contribution in [2.45, 2.75) is 51.0 Å². The lowest BCUT2D eigenvalue weighted by molar-refractivity contribution is 0.0587. The van der Waals surface area contributed by atoms with E-state index in [1.54, 1.807) is 30.5 Å². The number of halogens is 1. The summed E-state index contributed by atoms with van der Waals surface area (Å²) in [5.41, 5.74) is 1.65. The van der Waals surface area contributed by atoms with Crippen LogP contribution in [0.3, 0.4) is 0 Å². The van der Waals surface area contributed by atoms with Crippen LogP contribution in [0.4, 0.5) is 0 Å². The molecule has 1 unspecified atom stereocenters. The number of carbonyl (C=O) groups excluding carboxylic acids is 2. The van der Waals surface area contributed by atoms with Gasteiger partial charge in [-0.25, -0.2) is 0 Å². The van der Waals surface area contributed by atoms with Crippen molar-refractivity contribution in [3.05, 3.63) is 58.0 Å². The molecule has 2 fully saturated rings. The SMILES string of the molecule is Cc1cc(Cl)ccc1C(=O)NC1(C)CCCN(C(=O)c2ccoc2C2CC2)C1. The van der Waals surface area contributed by atoms with Gasteiger partial charge in [0.2, 0.25) is 0 Å². The average molecular weight is 401 g/mol. The van der Waals surface area contributed by atoms with E-state index < -0.39 is 5.54 Å². The lowest BCUT2D eigenvalue weighted by Crippen LogP contribution is -2.58. The molecule has 1 N–H and O–H groups in total. The summed E-state index contributed by atoms with van der Waals surface area (Å²) in [5.74, 6) is 1.07. The number of furan rings is 1. The Hall–Kier alpha value is -2.27. The zero-order valence-electron chi connectivity index (χ0n) is 16.3. The first kappa shape index (κ1) is 19.1. The maximum Gasteiger partial charge on any atom is 0.257 e. The molecular weight excluding hydrogens is 376 g/mol. The Morgan fingerprint density at radius 1 is 1.25 bits per heavy atom. The minimum atomic E-state index is -0.472. The summed E-state index contributed by atoms with van der Waals surface area (Å²) in [6, 6.07) is 7.03. The molecule has 2 aliphatic rings. The highest BCUT2D eigenvalue weighted by Gasteiger charge is 2.38. The molecule has 1 saturated heterocycles. The third kappa shape index (κ3) is 3.81. The summed E-state index contributed by atoms with van der Waals surface area (Å²) in [6.45, 7) is 5.06. The van der Waals surface area contributed by atoms with Crippen LogP contribution in [0.1, 0.15) is 70.6 Å². The van der Waals surface area contributed by atoms with Crippen LogP contribution >= 0.6 is 11.6 Å². The molecule has 28 heavy (non-hydrogen) atoms. The Morgan fingerprint density at radius 3 is 2.75 bits per heavy atom. The molecule has 5 nitrogen and oxygen atoms in total. The fourth-order valence-corrected chi connectivity index (χ4v) is 4.29. The Balaban J connectivity index is 1.48. The molecule has 2 aromatic rings. The first-order valence-electron chi connectivity index (χ1n) is 9.82. The van der Waals surface area contributed by atoms with E-state index in [-0.39, 0.29) is 11.8 Å². The maximum absolute atomic E-state index is 13.1. The molecule has 4 rings (SSSR count). The van der Waals surface area contributed by atoms with Crippen LogP contribution in [0.15, 0.2) is 34.9 Å². The number of hydrogen-bond donors (Lipinski definition) is 1. The number of hydrogen-bond acceptors (Lipinski definition) is 3. The number of amides is 2. The topological polar surface area (TPSA) is 62.6 Å². The van der Waals surface area contributed by atoms with Gasteiger partial charge in [-0.3, -0.25) is 9.59 Å². The van der Waals surface area contributed by atoms with Crippen molar-refractivity contribution in [2.75, 3.05) is 13.1 Å². The van der Waals surface area contributed by atoms with Gasteiger partial charge in [0.15, 0.2) is 0 Å². The molecule has 0 radical (unpaired) electrons. The van der Waals surface area contributed by atoms with Crippen LogP contribution < -0.4 is 5.32 Å². The fourth-order valence-electron chi connectivity index (χ4n) is 4.07. The Labute approximate surface area is 170 Å². The van der Waals surface area contributed by atoms with Crippen molar-refractivity contribution in [3.8, 4) is 0 Å². The Bertz CT molecular complexity index is 918. The second kappa shape index (κ2) is 7.28. The fraction of sp³-hybridized carbons (Fsp3) is 0.455. The smallest absolute Gasteiger partial charge is 0.257 e. The van der Waals surface area contributed by atoms with E-state index in [1.165, 1.54) is 0 Å². The van der Waals surface area contributed by atoms with E-state index in [9.17, 15) is 9.59 Å². The number of rotatable bonds is 4. The lowest BCUT2D eigenvalue weighted by Gasteiger charge is -2.41. The van der Waals surface area contributed by atoms with Gasteiger partial charge in [-0.2, -0.15) is 0 Å². The summed E-state index contributed by atoms with van der Waals surface area (Å²) < 4.78 is 5.57. The van der Waals surface area contributed by atoms with Crippen molar-refractivity contribution in [1.82, 2.24) is 10.2 Å². The van der Waals surface area contributed by atoms with E-state index in [4.69, 9.17) is 16.0 Å². The van der Waals surface area contributed by atoms with Gasteiger partial charge in [-0.15, -0.1) is 0 Å². The van der Waals surface area contributed by atoms with Gasteiger partial charge >= 0.3 is 0 Å². The first-order valence-corrected chi connectivity index (χ1v) is 10.2. The quantitative estimate of drug-likeness (QED) is 0.819. The second-order valence-electron chi connectivity index (χ2n) is 8.28. The van der Waals surface area contributed by atoms with Gasteiger partial charge in [-0.1, -0.05) is 11.6 Å². The number of aryl methyl sites for hydroxylation is 1. The van der Waals surface area contributed by atoms with Crippen molar-refractivity contribution in [3.63, 3.8) is 0 Å². The van der Waals surface area contributed by atoms with Gasteiger partial charge in [0.1, 0.15) is 5.76 Å². The molecular formula is C22H25ClN2O3. The Morgan fingerprint density at radius 2 is 2.04 bits per heavy atom. The van der Waals surface area contributed by atoms with Crippen LogP contribution in [0, 0.1) is 6.92 Å². The number of nitrogens with zero attached hydrogens (tertiary/aromatic N) is 1. The average Bonchev–Trinajstić information content (AvgIpc) is 3.37. The van der Waals surface area contributed by atoms with Crippen LogP contribution in [0.5, 0.6) is 0 Å². The first-order chi connectivity index (χ1) is 13.4. The van der Waals surface area contributed by atoms with E-state index >= 15 is 0 Å². The van der Waals surface area contributed by atoms with Crippen molar-refractivity contribution >= 4 is 23.4 Å². The molecule has 1 aromatic heterocycles. The summed E-state index contributed by atoms with van der Waals surface area (Å²) >= 11 is 6.00. The van der Waals surface area contributed by atoms with Crippen molar-refractivity contribution in [2.24, 2.45) is 0 Å². The third-order valence-electron chi connectivity index (χ3n) is 5.71. The molecule has 1 saturated carbocycles.